The Hall–Kier alpha value is -0.760. The maximum absolute atomic E-state index is 6.56. The van der Waals surface area contributed by atoms with Crippen LogP contribution < -0.4 is 24.0 Å². The molecule has 3 aliphatic carbocycles. The largest absolute Gasteiger partial charge is 1.00 e. The van der Waals surface area contributed by atoms with Gasteiger partial charge in [-0.3, -0.25) is 0 Å². The quantitative estimate of drug-likeness (QED) is 0.188. The van der Waals surface area contributed by atoms with Crippen LogP contribution in [-0.2, 0) is 6.54 Å². The van der Waals surface area contributed by atoms with E-state index in [9.17, 15) is 0 Å². The Morgan fingerprint density at radius 3 is 2.52 bits per heavy atom. The Bertz CT molecular complexity index is 1020. The molecule has 0 heterocycles. The fraction of sp³-hybridized carbons (Fsp3) is 0.440. The summed E-state index contributed by atoms with van der Waals surface area (Å²) in [5, 5.41) is 9.62. The third-order valence-corrected chi connectivity index (χ3v) is 7.99. The number of hydrogen-bond donors (Lipinski definition) is 0. The monoisotopic (exact) mass is 613 g/mol. The van der Waals surface area contributed by atoms with Crippen LogP contribution in [0.4, 0.5) is 11.4 Å². The molecule has 2 bridgehead atoms. The Morgan fingerprint density at radius 1 is 1.10 bits per heavy atom. The fourth-order valence-corrected chi connectivity index (χ4v) is 5.60. The molecule has 0 aromatic heterocycles. The topological polar surface area (TPSA) is 24.7 Å². The number of nitrogens with zero attached hydrogens (tertiary/aromatic N) is 3. The Morgan fingerprint density at radius 2 is 1.84 bits per heavy atom. The van der Waals surface area contributed by atoms with Gasteiger partial charge in [-0.15, -0.1) is 5.11 Å². The van der Waals surface area contributed by atoms with Crippen molar-refractivity contribution in [2.24, 2.45) is 27.5 Å². The summed E-state index contributed by atoms with van der Waals surface area (Å²) in [4.78, 5) is 0. The van der Waals surface area contributed by atoms with Gasteiger partial charge in [0.25, 0.3) is 0 Å². The molecule has 5 rings (SSSR count). The summed E-state index contributed by atoms with van der Waals surface area (Å²) in [6, 6.07) is 13.8. The van der Waals surface area contributed by atoms with Crippen molar-refractivity contribution in [3.8, 4) is 0 Å². The van der Waals surface area contributed by atoms with Crippen LogP contribution in [0.2, 0.25) is 5.02 Å². The van der Waals surface area contributed by atoms with Crippen LogP contribution >= 0.6 is 27.5 Å². The highest BCUT2D eigenvalue weighted by atomic mass is 127. The van der Waals surface area contributed by atoms with E-state index in [0.29, 0.717) is 5.41 Å². The van der Waals surface area contributed by atoms with Crippen molar-refractivity contribution in [1.82, 2.24) is 0 Å². The molecule has 1 fully saturated rings. The molecule has 0 aliphatic heterocycles. The molecule has 2 aromatic carbocycles. The molecule has 166 valence electrons. The lowest BCUT2D eigenvalue weighted by Crippen LogP contribution is -3.00. The number of fused-ring (bicyclic) bond motifs is 1. The average Bonchev–Trinajstić information content (AvgIpc) is 2.69. The van der Waals surface area contributed by atoms with Crippen molar-refractivity contribution in [2.45, 2.75) is 33.2 Å². The van der Waals surface area contributed by atoms with Gasteiger partial charge in [-0.2, -0.15) is 5.11 Å². The van der Waals surface area contributed by atoms with Gasteiger partial charge in [0.15, 0.2) is 0 Å². The summed E-state index contributed by atoms with van der Waals surface area (Å²) in [6.07, 6.45) is 5.11. The number of halogens is 3. The Labute approximate surface area is 216 Å². The highest BCUT2D eigenvalue weighted by molar-refractivity contribution is 9.10. The highest BCUT2D eigenvalue weighted by Crippen LogP contribution is 2.59. The van der Waals surface area contributed by atoms with Crippen LogP contribution in [-0.4, -0.2) is 25.1 Å². The zero-order chi connectivity index (χ0) is 21.5. The maximum Gasteiger partial charge on any atom is 0.106 e. The van der Waals surface area contributed by atoms with E-state index in [4.69, 9.17) is 11.6 Å². The van der Waals surface area contributed by atoms with Gasteiger partial charge in [0.1, 0.15) is 13.1 Å². The summed E-state index contributed by atoms with van der Waals surface area (Å²) in [7, 11) is 4.59. The van der Waals surface area contributed by atoms with E-state index >= 15 is 0 Å². The standard InChI is InChI=1S/C25H30BrClN3.HI/c1-25(2)19-10-9-17(21(25)14-19)15-30(3,4)16-18-13-20(11-12-23(18)27)28-29-24-8-6-5-7-22(24)26;/h5-9,11-13,19,21H,10,14-16H2,1-4H3;1H/q+1;/p-1/t19-,21-;/m0./s1. The maximum atomic E-state index is 6.56. The molecule has 3 aliphatic rings. The van der Waals surface area contributed by atoms with Crippen molar-refractivity contribution in [3.63, 3.8) is 0 Å². The van der Waals surface area contributed by atoms with E-state index in [0.717, 1.165) is 55.8 Å². The molecule has 1 saturated carbocycles. The summed E-state index contributed by atoms with van der Waals surface area (Å²) < 4.78 is 1.82. The molecule has 2 aromatic rings. The minimum absolute atomic E-state index is 0. The highest BCUT2D eigenvalue weighted by Gasteiger charge is 2.52. The van der Waals surface area contributed by atoms with E-state index in [1.807, 2.05) is 36.4 Å². The second-order valence-electron chi connectivity index (χ2n) is 10.0. The van der Waals surface area contributed by atoms with E-state index in [1.54, 1.807) is 5.57 Å². The van der Waals surface area contributed by atoms with Crippen LogP contribution in [0.25, 0.3) is 0 Å². The lowest BCUT2D eigenvalue weighted by atomic mass is 9.49. The third kappa shape index (κ3) is 5.43. The zero-order valence-corrected chi connectivity index (χ0v) is 23.1. The minimum atomic E-state index is 0. The molecule has 6 heteroatoms. The first-order valence-corrected chi connectivity index (χ1v) is 11.8. The minimum Gasteiger partial charge on any atom is -1.00 e. The van der Waals surface area contributed by atoms with Gasteiger partial charge in [-0.05, 0) is 81.9 Å². The summed E-state index contributed by atoms with van der Waals surface area (Å²) >= 11 is 10.1. The van der Waals surface area contributed by atoms with Gasteiger partial charge < -0.3 is 28.5 Å². The van der Waals surface area contributed by atoms with Crippen molar-refractivity contribution < 1.29 is 28.5 Å². The summed E-state index contributed by atoms with van der Waals surface area (Å²) in [6.45, 7) is 6.82. The number of azo groups is 1. The molecule has 2 atom stereocenters. The molecule has 0 amide bonds. The molecular formula is C25H30BrClIN3. The molecule has 0 radical (unpaired) electrons. The Balaban J connectivity index is 0.00000272. The molecule has 0 unspecified atom stereocenters. The first-order valence-electron chi connectivity index (χ1n) is 10.6. The zero-order valence-electron chi connectivity index (χ0n) is 18.6. The van der Waals surface area contributed by atoms with Crippen molar-refractivity contribution >= 4 is 38.9 Å². The second kappa shape index (κ2) is 9.62. The Kier molecular flexibility index (Phi) is 7.72. The third-order valence-electron chi connectivity index (χ3n) is 6.95. The molecule has 3 nitrogen and oxygen atoms in total. The van der Waals surface area contributed by atoms with Gasteiger partial charge in [0, 0.05) is 15.1 Å². The second-order valence-corrected chi connectivity index (χ2v) is 11.3. The van der Waals surface area contributed by atoms with Crippen molar-refractivity contribution in [1.29, 1.82) is 0 Å². The van der Waals surface area contributed by atoms with Crippen LogP contribution in [0.3, 0.4) is 0 Å². The predicted octanol–water partition coefficient (Wildman–Crippen LogP) is 5.09. The van der Waals surface area contributed by atoms with Crippen LogP contribution in [0, 0.1) is 17.3 Å². The molecule has 0 spiro atoms. The number of likely N-dealkylation sites (N-methyl/N-ethyl adjacent to an activating group) is 1. The normalized spacial score (nSPS) is 21.9. The smallest absolute Gasteiger partial charge is 0.106 e. The van der Waals surface area contributed by atoms with E-state index < -0.39 is 0 Å². The van der Waals surface area contributed by atoms with Crippen molar-refractivity contribution in [2.75, 3.05) is 20.6 Å². The van der Waals surface area contributed by atoms with Gasteiger partial charge in [-0.25, -0.2) is 0 Å². The van der Waals surface area contributed by atoms with Crippen LogP contribution in [0.1, 0.15) is 32.3 Å². The van der Waals surface area contributed by atoms with Gasteiger partial charge >= 0.3 is 0 Å². The predicted molar refractivity (Wildman–Crippen MR) is 129 cm³/mol. The van der Waals surface area contributed by atoms with Gasteiger partial charge in [-0.1, -0.05) is 43.7 Å². The van der Waals surface area contributed by atoms with Gasteiger partial charge in [0.2, 0.25) is 0 Å². The average molecular weight is 615 g/mol. The molecule has 31 heavy (non-hydrogen) atoms. The molecule has 0 saturated heterocycles. The molecular weight excluding hydrogens is 585 g/mol. The van der Waals surface area contributed by atoms with E-state index in [1.165, 1.54) is 12.8 Å². The summed E-state index contributed by atoms with van der Waals surface area (Å²) in [5.74, 6) is 1.62. The number of allylic oxidation sites excluding steroid dienone is 1. The SMILES string of the molecule is CC1(C)[C@H]2CC=C(C[N+](C)(C)Cc3cc(N=Nc4ccccc4Br)ccc3Cl)[C@@H]1C2.[I-]. The summed E-state index contributed by atoms with van der Waals surface area (Å²) in [5.41, 5.74) is 4.86. The lowest BCUT2D eigenvalue weighted by molar-refractivity contribution is -0.899. The number of benzene rings is 2. The van der Waals surface area contributed by atoms with Crippen LogP contribution in [0.5, 0.6) is 0 Å². The van der Waals surface area contributed by atoms with E-state index in [2.05, 4.69) is 66.2 Å². The lowest BCUT2D eigenvalue weighted by Gasteiger charge is -2.57. The fourth-order valence-electron chi connectivity index (χ4n) is 5.06. The molecule has 0 N–H and O–H groups in total. The number of quaternary nitrogens is 1. The number of hydrogen-bond acceptors (Lipinski definition) is 2. The first kappa shape index (κ1) is 24.9. The number of rotatable bonds is 6. The van der Waals surface area contributed by atoms with Crippen molar-refractivity contribution in [3.05, 3.63) is 69.2 Å². The van der Waals surface area contributed by atoms with E-state index in [-0.39, 0.29) is 24.0 Å². The first-order chi connectivity index (χ1) is 14.2. The van der Waals surface area contributed by atoms with Crippen LogP contribution in [0.15, 0.2) is 68.8 Å². The van der Waals surface area contributed by atoms with Gasteiger partial charge in [0.05, 0.1) is 25.5 Å².